The van der Waals surface area contributed by atoms with Gasteiger partial charge in [0.25, 0.3) is 0 Å². The Kier molecular flexibility index (Phi) is 5.02. The molecule has 1 unspecified atom stereocenters. The monoisotopic (exact) mass is 248 g/mol. The Morgan fingerprint density at radius 2 is 2.22 bits per heavy atom. The Balaban J connectivity index is 1.75. The van der Waals surface area contributed by atoms with Crippen molar-refractivity contribution >= 4 is 0 Å². The minimum absolute atomic E-state index is 0.539. The van der Waals surface area contributed by atoms with Gasteiger partial charge in [-0.15, -0.1) is 0 Å². The van der Waals surface area contributed by atoms with E-state index in [1.165, 1.54) is 25.9 Å². The molecular weight excluding hydrogens is 224 g/mol. The van der Waals surface area contributed by atoms with Gasteiger partial charge in [-0.3, -0.25) is 4.90 Å². The normalized spacial score (nSPS) is 20.2. The van der Waals surface area contributed by atoms with Crippen molar-refractivity contribution in [1.29, 1.82) is 0 Å². The summed E-state index contributed by atoms with van der Waals surface area (Å²) in [6, 6.07) is 8.03. The average Bonchev–Trinajstić information content (AvgIpc) is 2.87. The van der Waals surface area contributed by atoms with Gasteiger partial charge >= 0.3 is 0 Å². The van der Waals surface area contributed by atoms with Gasteiger partial charge in [-0.2, -0.15) is 0 Å². The van der Waals surface area contributed by atoms with Gasteiger partial charge in [-0.25, -0.2) is 0 Å². The van der Waals surface area contributed by atoms with Crippen LogP contribution in [0.1, 0.15) is 25.3 Å². The van der Waals surface area contributed by atoms with Crippen molar-refractivity contribution in [2.45, 2.75) is 26.3 Å². The van der Waals surface area contributed by atoms with Gasteiger partial charge in [0.15, 0.2) is 0 Å². The van der Waals surface area contributed by atoms with E-state index in [0.717, 1.165) is 30.4 Å². The van der Waals surface area contributed by atoms with E-state index in [0.29, 0.717) is 6.54 Å². The van der Waals surface area contributed by atoms with Crippen molar-refractivity contribution in [1.82, 2.24) is 4.90 Å². The van der Waals surface area contributed by atoms with Crippen molar-refractivity contribution in [2.75, 3.05) is 26.2 Å². The molecule has 0 saturated carbocycles. The van der Waals surface area contributed by atoms with E-state index in [4.69, 9.17) is 10.5 Å². The standard InChI is InChI=1S/C15H24N2O/c1-2-13-7-8-17(12-13)9-10-18-15-6-4-3-5-14(15)11-16/h3-6,13H,2,7-12,16H2,1H3. The molecule has 1 aliphatic heterocycles. The molecule has 100 valence electrons. The van der Waals surface area contributed by atoms with E-state index < -0.39 is 0 Å². The molecule has 1 fully saturated rings. The van der Waals surface area contributed by atoms with Crippen LogP contribution < -0.4 is 10.5 Å². The fourth-order valence-electron chi connectivity index (χ4n) is 2.55. The van der Waals surface area contributed by atoms with E-state index in [2.05, 4.69) is 11.8 Å². The second-order valence-electron chi connectivity index (χ2n) is 5.02. The summed E-state index contributed by atoms with van der Waals surface area (Å²) in [4.78, 5) is 2.50. The maximum atomic E-state index is 5.84. The largest absolute Gasteiger partial charge is 0.492 e. The Hall–Kier alpha value is -1.06. The first kappa shape index (κ1) is 13.4. The van der Waals surface area contributed by atoms with Gasteiger partial charge in [0.05, 0.1) is 0 Å². The average molecular weight is 248 g/mol. The third kappa shape index (κ3) is 3.47. The summed E-state index contributed by atoms with van der Waals surface area (Å²) in [6.07, 6.45) is 2.64. The summed E-state index contributed by atoms with van der Waals surface area (Å²) in [5, 5.41) is 0. The van der Waals surface area contributed by atoms with Crippen LogP contribution in [-0.2, 0) is 6.54 Å². The second-order valence-corrected chi connectivity index (χ2v) is 5.02. The molecule has 0 aromatic heterocycles. The van der Waals surface area contributed by atoms with Crippen LogP contribution in [0.5, 0.6) is 5.75 Å². The van der Waals surface area contributed by atoms with Crippen LogP contribution in [-0.4, -0.2) is 31.1 Å². The van der Waals surface area contributed by atoms with Crippen LogP contribution >= 0.6 is 0 Å². The first-order valence-electron chi connectivity index (χ1n) is 6.96. The molecular formula is C15H24N2O. The maximum absolute atomic E-state index is 5.84. The van der Waals surface area contributed by atoms with Crippen LogP contribution in [0, 0.1) is 5.92 Å². The number of nitrogens with two attached hydrogens (primary N) is 1. The number of hydrogen-bond acceptors (Lipinski definition) is 3. The van der Waals surface area contributed by atoms with Crippen LogP contribution in [0.3, 0.4) is 0 Å². The predicted molar refractivity (Wildman–Crippen MR) is 74.7 cm³/mol. The second kappa shape index (κ2) is 6.76. The Bertz CT molecular complexity index is 367. The highest BCUT2D eigenvalue weighted by atomic mass is 16.5. The van der Waals surface area contributed by atoms with Gasteiger partial charge in [-0.1, -0.05) is 31.5 Å². The third-order valence-electron chi connectivity index (χ3n) is 3.80. The Morgan fingerprint density at radius 3 is 2.94 bits per heavy atom. The molecule has 3 heteroatoms. The predicted octanol–water partition coefficient (Wildman–Crippen LogP) is 2.26. The fraction of sp³-hybridized carbons (Fsp3) is 0.600. The first-order valence-corrected chi connectivity index (χ1v) is 6.96. The van der Waals surface area contributed by atoms with Crippen molar-refractivity contribution in [3.8, 4) is 5.75 Å². The lowest BCUT2D eigenvalue weighted by Crippen LogP contribution is -2.26. The highest BCUT2D eigenvalue weighted by Gasteiger charge is 2.20. The summed E-state index contributed by atoms with van der Waals surface area (Å²) in [5.41, 5.74) is 6.78. The van der Waals surface area contributed by atoms with Crippen LogP contribution in [0.25, 0.3) is 0 Å². The molecule has 1 heterocycles. The summed E-state index contributed by atoms with van der Waals surface area (Å²) in [6.45, 7) is 7.06. The highest BCUT2D eigenvalue weighted by Crippen LogP contribution is 2.20. The quantitative estimate of drug-likeness (QED) is 0.839. The molecule has 0 aliphatic carbocycles. The molecule has 18 heavy (non-hydrogen) atoms. The lowest BCUT2D eigenvalue weighted by Gasteiger charge is -2.17. The maximum Gasteiger partial charge on any atom is 0.123 e. The third-order valence-corrected chi connectivity index (χ3v) is 3.80. The van der Waals surface area contributed by atoms with Gasteiger partial charge < -0.3 is 10.5 Å². The minimum atomic E-state index is 0.539. The van der Waals surface area contributed by atoms with Gasteiger partial charge in [0.2, 0.25) is 0 Å². The Morgan fingerprint density at radius 1 is 1.39 bits per heavy atom. The van der Waals surface area contributed by atoms with Crippen molar-refractivity contribution in [2.24, 2.45) is 11.7 Å². The fourth-order valence-corrected chi connectivity index (χ4v) is 2.55. The zero-order valence-corrected chi connectivity index (χ0v) is 11.3. The number of nitrogens with zero attached hydrogens (tertiary/aromatic N) is 1. The van der Waals surface area contributed by atoms with Gasteiger partial charge in [0.1, 0.15) is 12.4 Å². The number of benzene rings is 1. The molecule has 0 bridgehead atoms. The van der Waals surface area contributed by atoms with Crippen LogP contribution in [0.4, 0.5) is 0 Å². The molecule has 1 atom stereocenters. The summed E-state index contributed by atoms with van der Waals surface area (Å²) < 4.78 is 5.84. The number of likely N-dealkylation sites (tertiary alicyclic amines) is 1. The number of ether oxygens (including phenoxy) is 1. The van der Waals surface area contributed by atoms with E-state index in [9.17, 15) is 0 Å². The van der Waals surface area contributed by atoms with Crippen molar-refractivity contribution in [3.05, 3.63) is 29.8 Å². The SMILES string of the molecule is CCC1CCN(CCOc2ccccc2CN)C1. The van der Waals surface area contributed by atoms with Crippen LogP contribution in [0.15, 0.2) is 24.3 Å². The first-order chi connectivity index (χ1) is 8.83. The van der Waals surface area contributed by atoms with E-state index in [1.807, 2.05) is 24.3 Å². The summed E-state index contributed by atoms with van der Waals surface area (Å²) in [7, 11) is 0. The summed E-state index contributed by atoms with van der Waals surface area (Å²) in [5.74, 6) is 1.83. The number of hydrogen-bond donors (Lipinski definition) is 1. The lowest BCUT2D eigenvalue weighted by atomic mass is 10.1. The molecule has 3 nitrogen and oxygen atoms in total. The Labute approximate surface area is 110 Å². The minimum Gasteiger partial charge on any atom is -0.492 e. The zero-order chi connectivity index (χ0) is 12.8. The topological polar surface area (TPSA) is 38.5 Å². The molecule has 1 saturated heterocycles. The number of para-hydroxylation sites is 1. The van der Waals surface area contributed by atoms with Crippen molar-refractivity contribution in [3.63, 3.8) is 0 Å². The lowest BCUT2D eigenvalue weighted by molar-refractivity contribution is 0.231. The number of rotatable bonds is 6. The molecule has 0 radical (unpaired) electrons. The molecule has 1 aromatic carbocycles. The summed E-state index contributed by atoms with van der Waals surface area (Å²) >= 11 is 0. The highest BCUT2D eigenvalue weighted by molar-refractivity contribution is 5.32. The van der Waals surface area contributed by atoms with Crippen molar-refractivity contribution < 1.29 is 4.74 Å². The zero-order valence-electron chi connectivity index (χ0n) is 11.3. The van der Waals surface area contributed by atoms with Gasteiger partial charge in [0, 0.05) is 25.2 Å². The molecule has 2 rings (SSSR count). The van der Waals surface area contributed by atoms with E-state index in [1.54, 1.807) is 0 Å². The molecule has 0 spiro atoms. The van der Waals surface area contributed by atoms with Gasteiger partial charge in [-0.05, 0) is 24.9 Å². The molecule has 1 aromatic rings. The van der Waals surface area contributed by atoms with Crippen LogP contribution in [0.2, 0.25) is 0 Å². The molecule has 2 N–H and O–H groups in total. The van der Waals surface area contributed by atoms with E-state index in [-0.39, 0.29) is 0 Å². The van der Waals surface area contributed by atoms with E-state index >= 15 is 0 Å². The molecule has 1 aliphatic rings. The molecule has 0 amide bonds. The smallest absolute Gasteiger partial charge is 0.123 e.